The standard InChI is InChI=1S/C33H8F15N9/c1-49-33(48)11-10(18(41)23(46)24(33)47)31-51-25-3-2-4(34)12(35)13(36)5(3)26(50-25)52-27-6-7(15(38)20(43)19(42)14(6)37)28(53-27)54-29-8-9(30(55-29)56-32(11)57-31)17(40)22(45)21(44)16(8)39/h2,49,53H,1H3,(H,54,55,56)(H,50,51,52,57). The molecule has 4 N–H and O–H groups in total. The molecule has 0 fully saturated rings. The second-order valence-electron chi connectivity index (χ2n) is 12.2. The van der Waals surface area contributed by atoms with Crippen LogP contribution in [-0.2, 0) is 5.79 Å². The first-order valence-electron chi connectivity index (χ1n) is 15.4. The largest absolute Gasteiger partial charge is 0.325 e. The summed E-state index contributed by atoms with van der Waals surface area (Å²) in [6, 6.07) is 0.254. The van der Waals surface area contributed by atoms with Crippen molar-refractivity contribution in [2.24, 2.45) is 25.0 Å². The van der Waals surface area contributed by atoms with E-state index in [4.69, 9.17) is 0 Å². The molecule has 1 unspecified atom stereocenters. The zero-order valence-corrected chi connectivity index (χ0v) is 27.0. The lowest BCUT2D eigenvalue weighted by atomic mass is 9.97. The van der Waals surface area contributed by atoms with E-state index in [1.54, 1.807) is 5.32 Å². The number of nitrogens with one attached hydrogen (secondary N) is 4. The van der Waals surface area contributed by atoms with Crippen LogP contribution in [-0.4, -0.2) is 40.4 Å². The van der Waals surface area contributed by atoms with Crippen LogP contribution >= 0.6 is 0 Å². The highest BCUT2D eigenvalue weighted by molar-refractivity contribution is 6.27. The van der Waals surface area contributed by atoms with E-state index in [0.29, 0.717) is 7.05 Å². The summed E-state index contributed by atoms with van der Waals surface area (Å²) in [6.45, 7) is 0. The summed E-state index contributed by atoms with van der Waals surface area (Å²) in [5, 5.41) is -0.240. The summed E-state index contributed by atoms with van der Waals surface area (Å²) in [5.74, 6) is -44.2. The summed E-state index contributed by atoms with van der Waals surface area (Å²) in [7, 11) is 0.703. The molecule has 1 atom stereocenters. The van der Waals surface area contributed by atoms with Crippen molar-refractivity contribution < 1.29 is 65.9 Å². The molecule has 5 aromatic rings. The first-order chi connectivity index (χ1) is 26.9. The zero-order valence-electron chi connectivity index (χ0n) is 27.0. The lowest BCUT2D eigenvalue weighted by molar-refractivity contribution is 0.131. The van der Waals surface area contributed by atoms with Gasteiger partial charge in [0.2, 0.25) is 5.79 Å². The van der Waals surface area contributed by atoms with Crippen LogP contribution in [0.4, 0.5) is 83.3 Å². The van der Waals surface area contributed by atoms with Gasteiger partial charge in [-0.15, -0.1) is 0 Å². The van der Waals surface area contributed by atoms with Crippen LogP contribution in [0, 0.1) is 64.0 Å². The molecule has 1 aliphatic carbocycles. The van der Waals surface area contributed by atoms with Crippen molar-refractivity contribution in [2.45, 2.75) is 5.79 Å². The molecule has 24 heteroatoms. The van der Waals surface area contributed by atoms with Gasteiger partial charge < -0.3 is 15.3 Å². The van der Waals surface area contributed by atoms with Crippen molar-refractivity contribution in [2.75, 3.05) is 12.4 Å². The number of hydrogen-bond donors (Lipinski definition) is 4. The molecule has 57 heavy (non-hydrogen) atoms. The van der Waals surface area contributed by atoms with Gasteiger partial charge in [0.1, 0.15) is 28.8 Å². The SMILES string of the molecule is CNC1(F)C(F)=C(F)C(F)=c2c1c1[nH]c2=NC2=NC(=Nc3[nH]c(c4c(F)c(F)c(F)c(F)c34)N=C3N=C(N1)c1c(F)c(F)c(F)c(F)c13)c1c2cc(F)c(F)c1F. The number of allylic oxidation sites excluding steroid dienone is 1. The molecule has 0 saturated heterocycles. The Morgan fingerprint density at radius 1 is 0.544 bits per heavy atom. The lowest BCUT2D eigenvalue weighted by Crippen LogP contribution is -2.45. The Bertz CT molecular complexity index is 3100. The van der Waals surface area contributed by atoms with Gasteiger partial charge in [-0.05, 0) is 13.1 Å². The molecule has 0 spiro atoms. The van der Waals surface area contributed by atoms with E-state index in [1.807, 2.05) is 0 Å². The van der Waals surface area contributed by atoms with Crippen molar-refractivity contribution in [1.82, 2.24) is 15.3 Å². The Labute approximate surface area is 302 Å². The van der Waals surface area contributed by atoms with Crippen molar-refractivity contribution in [3.63, 3.8) is 0 Å². The summed E-state index contributed by atoms with van der Waals surface area (Å²) in [6.07, 6.45) is 0. The van der Waals surface area contributed by atoms with Gasteiger partial charge >= 0.3 is 0 Å². The fourth-order valence-electron chi connectivity index (χ4n) is 6.67. The Morgan fingerprint density at radius 3 is 1.68 bits per heavy atom. The minimum Gasteiger partial charge on any atom is -0.325 e. The molecule has 0 saturated carbocycles. The number of anilines is 1. The van der Waals surface area contributed by atoms with Gasteiger partial charge in [-0.3, -0.25) is 5.32 Å². The van der Waals surface area contributed by atoms with Crippen LogP contribution in [0.1, 0.15) is 27.8 Å². The third kappa shape index (κ3) is 4.51. The van der Waals surface area contributed by atoms with Crippen LogP contribution in [0.25, 0.3) is 16.6 Å². The number of aromatic amines is 2. The predicted molar refractivity (Wildman–Crippen MR) is 167 cm³/mol. The molecule has 0 radical (unpaired) electrons. The molecule has 4 aliphatic rings. The number of hydrogen-bond acceptors (Lipinski definition) is 7. The number of nitrogens with zero attached hydrogens (tertiary/aromatic N) is 5. The Morgan fingerprint density at radius 2 is 1.09 bits per heavy atom. The number of benzene rings is 3. The fourth-order valence-corrected chi connectivity index (χ4v) is 6.67. The van der Waals surface area contributed by atoms with Crippen LogP contribution in [0.2, 0.25) is 0 Å². The van der Waals surface area contributed by atoms with E-state index < -0.39 is 177 Å². The highest BCUT2D eigenvalue weighted by Crippen LogP contribution is 2.44. The smallest absolute Gasteiger partial charge is 0.246 e. The van der Waals surface area contributed by atoms with Crippen LogP contribution in [0.3, 0.4) is 0 Å². The molecule has 8 bridgehead atoms. The number of aliphatic imine (C=N–C) groups is 4. The van der Waals surface area contributed by atoms with Gasteiger partial charge in [-0.2, -0.15) is 0 Å². The molecule has 5 heterocycles. The van der Waals surface area contributed by atoms with Gasteiger partial charge in [0.05, 0.1) is 38.2 Å². The van der Waals surface area contributed by atoms with Crippen molar-refractivity contribution in [3.05, 3.63) is 120 Å². The van der Waals surface area contributed by atoms with Crippen LogP contribution in [0.15, 0.2) is 42.7 Å². The minimum atomic E-state index is -3.90. The normalized spacial score (nSPS) is 18.2. The van der Waals surface area contributed by atoms with Crippen LogP contribution in [0.5, 0.6) is 0 Å². The molecule has 2 aromatic heterocycles. The summed E-state index contributed by atoms with van der Waals surface area (Å²) < 4.78 is 228. The number of aromatic nitrogens is 2. The van der Waals surface area contributed by atoms with Gasteiger partial charge in [-0.25, -0.2) is 90.8 Å². The van der Waals surface area contributed by atoms with E-state index >= 15 is 39.5 Å². The van der Waals surface area contributed by atoms with Gasteiger partial charge in [-0.1, -0.05) is 0 Å². The molecule has 9 nitrogen and oxygen atoms in total. The predicted octanol–water partition coefficient (Wildman–Crippen LogP) is 7.03. The van der Waals surface area contributed by atoms with Gasteiger partial charge in [0.15, 0.2) is 99.0 Å². The van der Waals surface area contributed by atoms with E-state index in [-0.39, 0.29) is 6.07 Å². The molecule has 9 rings (SSSR count). The van der Waals surface area contributed by atoms with E-state index in [9.17, 15) is 26.3 Å². The average Bonchev–Trinajstić information content (AvgIpc) is 3.93. The third-order valence-corrected chi connectivity index (χ3v) is 9.23. The van der Waals surface area contributed by atoms with Crippen molar-refractivity contribution in [1.29, 1.82) is 0 Å². The first-order valence-corrected chi connectivity index (χ1v) is 15.4. The molecule has 0 amide bonds. The molecule has 290 valence electrons. The van der Waals surface area contributed by atoms with Crippen molar-refractivity contribution in [3.8, 4) is 0 Å². The molecule has 3 aromatic carbocycles. The Balaban J connectivity index is 1.50. The maximum Gasteiger partial charge on any atom is 0.246 e. The fraction of sp³-hybridized carbons (Fsp3) is 0.0606. The highest BCUT2D eigenvalue weighted by atomic mass is 19.2. The van der Waals surface area contributed by atoms with E-state index in [0.717, 1.165) is 0 Å². The number of H-pyrrole nitrogens is 2. The monoisotopic (exact) mass is 815 g/mol. The molecular weight excluding hydrogens is 807 g/mol. The Hall–Kier alpha value is -6.72. The molecule has 3 aliphatic heterocycles. The van der Waals surface area contributed by atoms with Gasteiger partial charge in [0.25, 0.3) is 0 Å². The average molecular weight is 815 g/mol. The topological polar surface area (TPSA) is 117 Å². The first kappa shape index (κ1) is 35.9. The number of amidine groups is 4. The Kier molecular flexibility index (Phi) is 7.35. The number of halogens is 15. The number of rotatable bonds is 1. The second kappa shape index (κ2) is 11.7. The zero-order chi connectivity index (χ0) is 40.9. The van der Waals surface area contributed by atoms with E-state index in [1.165, 1.54) is 0 Å². The lowest BCUT2D eigenvalue weighted by Gasteiger charge is -2.26. The van der Waals surface area contributed by atoms with E-state index in [2.05, 4.69) is 40.2 Å². The second-order valence-corrected chi connectivity index (χ2v) is 12.2. The highest BCUT2D eigenvalue weighted by Gasteiger charge is 2.48. The number of fused-ring (bicyclic) bond motifs is 18. The quantitative estimate of drug-likeness (QED) is 0.0630. The van der Waals surface area contributed by atoms with Gasteiger partial charge in [0, 0.05) is 5.56 Å². The molecular formula is C33H8F15N9. The van der Waals surface area contributed by atoms with Crippen LogP contribution < -0.4 is 21.3 Å². The maximum atomic E-state index is 16.5. The minimum absolute atomic E-state index is 0.254. The summed E-state index contributed by atoms with van der Waals surface area (Å²) in [5.41, 5.74) is -7.23. The summed E-state index contributed by atoms with van der Waals surface area (Å²) in [4.78, 5) is 23.0. The number of alkyl halides is 1. The van der Waals surface area contributed by atoms with Crippen molar-refractivity contribution >= 4 is 57.4 Å². The maximum absolute atomic E-state index is 16.5. The third-order valence-electron chi connectivity index (χ3n) is 9.23. The summed E-state index contributed by atoms with van der Waals surface area (Å²) >= 11 is 0. The number of likely N-dealkylation sites (N-methyl/N-ethyl adjacent to an activating group) is 1.